The van der Waals surface area contributed by atoms with Gasteiger partial charge in [0.25, 0.3) is 0 Å². The second-order valence-electron chi connectivity index (χ2n) is 4.73. The molecule has 0 heterocycles. The minimum atomic E-state index is -1.32. The van der Waals surface area contributed by atoms with Crippen molar-refractivity contribution in [2.24, 2.45) is 10.1 Å². The summed E-state index contributed by atoms with van der Waals surface area (Å²) in [5.41, 5.74) is 6.27. The van der Waals surface area contributed by atoms with Gasteiger partial charge in [-0.05, 0) is 44.5 Å². The van der Waals surface area contributed by atoms with Gasteiger partial charge in [-0.25, -0.2) is 0 Å². The molecule has 0 saturated carbocycles. The van der Waals surface area contributed by atoms with E-state index in [-0.39, 0.29) is 0 Å². The molecule has 1 aromatic carbocycles. The highest BCUT2D eigenvalue weighted by molar-refractivity contribution is 9.10. The molecular weight excluding hydrogens is 316 g/mol. The molecule has 0 aliphatic rings. The van der Waals surface area contributed by atoms with Crippen LogP contribution in [0.15, 0.2) is 27.1 Å². The van der Waals surface area contributed by atoms with Crippen LogP contribution in [0.4, 0.5) is 0 Å². The number of nitrogens with zero attached hydrogens (tertiary/aromatic N) is 1. The normalized spacial score (nSPS) is 13.8. The highest BCUT2D eigenvalue weighted by Crippen LogP contribution is 2.18. The van der Waals surface area contributed by atoms with Crippen LogP contribution >= 0.6 is 15.9 Å². The summed E-state index contributed by atoms with van der Waals surface area (Å²) in [6.07, 6.45) is 1.48. The minimum Gasteiger partial charge on any atom is -0.591 e. The number of nitrogens with two attached hydrogens (primary N) is 1. The van der Waals surface area contributed by atoms with Gasteiger partial charge < -0.3 is 10.3 Å². The quantitative estimate of drug-likeness (QED) is 0.682. The highest BCUT2D eigenvalue weighted by atomic mass is 79.9. The second kappa shape index (κ2) is 5.86. The van der Waals surface area contributed by atoms with E-state index < -0.39 is 22.0 Å². The van der Waals surface area contributed by atoms with Crippen molar-refractivity contribution in [3.63, 3.8) is 0 Å². The van der Waals surface area contributed by atoms with Crippen LogP contribution in [0.1, 0.15) is 36.7 Å². The fourth-order valence-electron chi connectivity index (χ4n) is 1.10. The predicted octanol–water partition coefficient (Wildman–Crippen LogP) is 2.43. The maximum atomic E-state index is 11.8. The fourth-order valence-corrected chi connectivity index (χ4v) is 2.14. The van der Waals surface area contributed by atoms with E-state index in [1.165, 1.54) is 6.21 Å². The van der Waals surface area contributed by atoms with Crippen LogP contribution in [0.3, 0.4) is 0 Å². The van der Waals surface area contributed by atoms with Crippen LogP contribution in [0.2, 0.25) is 0 Å². The summed E-state index contributed by atoms with van der Waals surface area (Å²) >= 11 is 1.96. The molecule has 0 unspecified atom stereocenters. The molecule has 1 amide bonds. The molecule has 0 spiro atoms. The summed E-state index contributed by atoms with van der Waals surface area (Å²) in [5, 5.41) is 0. The Bertz CT molecular complexity index is 483. The summed E-state index contributed by atoms with van der Waals surface area (Å²) in [6.45, 7) is 5.53. The first-order valence-corrected chi connectivity index (χ1v) is 7.16. The lowest BCUT2D eigenvalue weighted by Gasteiger charge is -2.17. The highest BCUT2D eigenvalue weighted by Gasteiger charge is 2.25. The number of hydrogen-bond acceptors (Lipinski definition) is 3. The molecule has 6 heteroatoms. The zero-order valence-electron chi connectivity index (χ0n) is 10.4. The van der Waals surface area contributed by atoms with Crippen LogP contribution in [0, 0.1) is 0 Å². The number of benzene rings is 1. The van der Waals surface area contributed by atoms with E-state index in [2.05, 4.69) is 20.3 Å². The van der Waals surface area contributed by atoms with E-state index in [1.807, 2.05) is 20.8 Å². The molecule has 4 nitrogen and oxygen atoms in total. The molecule has 0 aliphatic heterocycles. The third-order valence-corrected chi connectivity index (χ3v) is 3.83. The number of carbonyl (C=O) groups excluding carboxylic acids is 1. The molecule has 1 aromatic rings. The van der Waals surface area contributed by atoms with Crippen molar-refractivity contribution in [2.75, 3.05) is 0 Å². The molecule has 18 heavy (non-hydrogen) atoms. The van der Waals surface area contributed by atoms with Gasteiger partial charge in [0.2, 0.25) is 5.91 Å². The molecule has 98 valence electrons. The molecule has 0 bridgehead atoms. The fraction of sp³-hybridized carbons (Fsp3) is 0.333. The van der Waals surface area contributed by atoms with Crippen LogP contribution in [-0.4, -0.2) is 21.4 Å². The van der Waals surface area contributed by atoms with E-state index in [1.54, 1.807) is 18.2 Å². The van der Waals surface area contributed by atoms with Crippen LogP contribution < -0.4 is 5.73 Å². The molecule has 1 rings (SSSR count). The molecule has 0 fully saturated rings. The SMILES string of the molecule is CC(C)(C)[S@@+]([O-])N=Cc1cc(Br)cc(C(N)=O)c1. The van der Waals surface area contributed by atoms with Gasteiger partial charge in [0.15, 0.2) is 0 Å². The largest absolute Gasteiger partial charge is 0.591 e. The summed E-state index contributed by atoms with van der Waals surface area (Å²) in [7, 11) is 0. The van der Waals surface area contributed by atoms with Gasteiger partial charge in [0.05, 0.1) is 6.21 Å². The number of hydrogen-bond donors (Lipinski definition) is 1. The first-order chi connectivity index (χ1) is 8.20. The Labute approximate surface area is 118 Å². The van der Waals surface area contributed by atoms with Crippen molar-refractivity contribution in [1.82, 2.24) is 0 Å². The average molecular weight is 331 g/mol. The summed E-state index contributed by atoms with van der Waals surface area (Å²) in [4.78, 5) is 11.1. The number of rotatable bonds is 3. The Morgan fingerprint density at radius 3 is 2.56 bits per heavy atom. The van der Waals surface area contributed by atoms with Crippen molar-refractivity contribution >= 4 is 39.4 Å². The van der Waals surface area contributed by atoms with Crippen molar-refractivity contribution in [3.8, 4) is 0 Å². The Hall–Kier alpha value is -0.850. The topological polar surface area (TPSA) is 78.5 Å². The Morgan fingerprint density at radius 2 is 2.06 bits per heavy atom. The Morgan fingerprint density at radius 1 is 1.44 bits per heavy atom. The first-order valence-electron chi connectivity index (χ1n) is 5.26. The van der Waals surface area contributed by atoms with Crippen molar-refractivity contribution in [3.05, 3.63) is 33.8 Å². The third kappa shape index (κ3) is 4.44. The van der Waals surface area contributed by atoms with E-state index in [4.69, 9.17) is 5.73 Å². The van der Waals surface area contributed by atoms with Gasteiger partial charge in [-0.1, -0.05) is 20.3 Å². The summed E-state index contributed by atoms with van der Waals surface area (Å²) < 4.78 is 16.0. The number of halogens is 1. The molecule has 0 aliphatic carbocycles. The molecule has 1 atom stereocenters. The second-order valence-corrected chi connectivity index (χ2v) is 7.58. The van der Waals surface area contributed by atoms with Crippen molar-refractivity contribution in [2.45, 2.75) is 25.5 Å². The summed E-state index contributed by atoms with van der Waals surface area (Å²) in [5.74, 6) is -0.511. The van der Waals surface area contributed by atoms with Crippen molar-refractivity contribution < 1.29 is 9.35 Å². The maximum absolute atomic E-state index is 11.8. The van der Waals surface area contributed by atoms with Crippen LogP contribution in [0.5, 0.6) is 0 Å². The van der Waals surface area contributed by atoms with Crippen LogP contribution in [0.25, 0.3) is 0 Å². The molecular formula is C12H15BrN2O2S. The van der Waals surface area contributed by atoms with E-state index >= 15 is 0 Å². The minimum absolute atomic E-state index is 0.382. The smallest absolute Gasteiger partial charge is 0.248 e. The van der Waals surface area contributed by atoms with Crippen molar-refractivity contribution in [1.29, 1.82) is 0 Å². The van der Waals surface area contributed by atoms with Gasteiger partial charge in [0, 0.05) is 10.0 Å². The third-order valence-electron chi connectivity index (χ3n) is 2.03. The Balaban J connectivity index is 2.98. The standard InChI is InChI=1S/C12H15BrN2O2S/c1-12(2,3)18(17)15-7-8-4-9(11(14)16)6-10(13)5-8/h4-7H,1-3H3,(H2,14,16)/t18-/m1/s1. The average Bonchev–Trinajstić information content (AvgIpc) is 2.23. The molecule has 0 saturated heterocycles. The number of primary amides is 1. The molecule has 0 radical (unpaired) electrons. The lowest BCUT2D eigenvalue weighted by Crippen LogP contribution is -2.25. The lowest BCUT2D eigenvalue weighted by atomic mass is 10.1. The lowest BCUT2D eigenvalue weighted by molar-refractivity contribution is 0.1000. The number of carbonyl (C=O) groups is 1. The number of amides is 1. The zero-order chi connectivity index (χ0) is 13.9. The molecule has 0 aromatic heterocycles. The predicted molar refractivity (Wildman–Crippen MR) is 78.1 cm³/mol. The van der Waals surface area contributed by atoms with E-state index in [9.17, 15) is 9.35 Å². The maximum Gasteiger partial charge on any atom is 0.248 e. The van der Waals surface area contributed by atoms with Gasteiger partial charge >= 0.3 is 0 Å². The first kappa shape index (κ1) is 15.2. The van der Waals surface area contributed by atoms with Gasteiger partial charge in [-0.3, -0.25) is 4.79 Å². The van der Waals surface area contributed by atoms with Gasteiger partial charge in [-0.2, -0.15) is 0 Å². The van der Waals surface area contributed by atoms with Gasteiger partial charge in [-0.15, -0.1) is 0 Å². The summed E-state index contributed by atoms with van der Waals surface area (Å²) in [6, 6.07) is 5.01. The molecule has 2 N–H and O–H groups in total. The van der Waals surface area contributed by atoms with Crippen LogP contribution in [-0.2, 0) is 11.4 Å². The zero-order valence-corrected chi connectivity index (χ0v) is 12.8. The Kier molecular flexibility index (Phi) is 4.95. The van der Waals surface area contributed by atoms with Gasteiger partial charge in [0.1, 0.15) is 16.1 Å². The van der Waals surface area contributed by atoms with E-state index in [0.29, 0.717) is 11.1 Å². The van der Waals surface area contributed by atoms with E-state index in [0.717, 1.165) is 4.47 Å². The monoisotopic (exact) mass is 330 g/mol.